The van der Waals surface area contributed by atoms with E-state index < -0.39 is 0 Å². The van der Waals surface area contributed by atoms with Crippen molar-refractivity contribution in [3.8, 4) is 11.4 Å². The van der Waals surface area contributed by atoms with Crippen molar-refractivity contribution < 1.29 is 14.3 Å². The summed E-state index contributed by atoms with van der Waals surface area (Å²) in [6.45, 7) is 3.93. The second-order valence-corrected chi connectivity index (χ2v) is 4.96. The molecule has 0 saturated heterocycles. The van der Waals surface area contributed by atoms with Crippen LogP contribution in [-0.2, 0) is 4.74 Å². The number of hydrogen-bond acceptors (Lipinski definition) is 5. The Morgan fingerprint density at radius 1 is 1.30 bits per heavy atom. The molecule has 3 aromatic rings. The van der Waals surface area contributed by atoms with Gasteiger partial charge in [0.1, 0.15) is 17.0 Å². The van der Waals surface area contributed by atoms with Crippen LogP contribution < -0.4 is 4.74 Å². The molecular formula is C17H17N3O3. The summed E-state index contributed by atoms with van der Waals surface area (Å²) in [6, 6.07) is 7.54. The number of methoxy groups -OCH3 is 1. The number of nitrogens with zero attached hydrogens (tertiary/aromatic N) is 3. The topological polar surface area (TPSA) is 66.2 Å². The van der Waals surface area contributed by atoms with Gasteiger partial charge in [0.15, 0.2) is 0 Å². The highest BCUT2D eigenvalue weighted by molar-refractivity contribution is 5.93. The van der Waals surface area contributed by atoms with Gasteiger partial charge in [0, 0.05) is 11.6 Å². The predicted molar refractivity (Wildman–Crippen MR) is 86.1 cm³/mol. The van der Waals surface area contributed by atoms with E-state index in [1.165, 1.54) is 6.20 Å². The van der Waals surface area contributed by atoms with Gasteiger partial charge in [0.2, 0.25) is 0 Å². The van der Waals surface area contributed by atoms with Gasteiger partial charge in [-0.2, -0.15) is 5.10 Å². The molecule has 0 bridgehead atoms. The summed E-state index contributed by atoms with van der Waals surface area (Å²) in [5.41, 5.74) is 2.72. The molecular weight excluding hydrogens is 294 g/mol. The van der Waals surface area contributed by atoms with Gasteiger partial charge in [-0.3, -0.25) is 4.98 Å². The van der Waals surface area contributed by atoms with Crippen LogP contribution in [0.25, 0.3) is 16.6 Å². The Bertz CT molecular complexity index is 871. The third-order valence-electron chi connectivity index (χ3n) is 3.66. The fourth-order valence-corrected chi connectivity index (χ4v) is 2.54. The molecule has 0 aliphatic heterocycles. The number of fused-ring (bicyclic) bond motifs is 1. The van der Waals surface area contributed by atoms with Gasteiger partial charge >= 0.3 is 5.97 Å². The third-order valence-corrected chi connectivity index (χ3v) is 3.66. The molecule has 6 heteroatoms. The molecule has 0 atom stereocenters. The highest BCUT2D eigenvalue weighted by Gasteiger charge is 2.19. The molecule has 0 radical (unpaired) electrons. The second-order valence-electron chi connectivity index (χ2n) is 4.96. The quantitative estimate of drug-likeness (QED) is 0.693. The van der Waals surface area contributed by atoms with Crippen molar-refractivity contribution in [1.29, 1.82) is 0 Å². The number of rotatable bonds is 4. The highest BCUT2D eigenvalue weighted by Crippen LogP contribution is 2.31. The van der Waals surface area contributed by atoms with Crippen molar-refractivity contribution in [2.45, 2.75) is 13.8 Å². The standard InChI is InChI=1S/C17H17N3O3/c1-4-23-17(21)13-10-19-20(11(13)2)16-12-6-5-9-18-14(12)7-8-15(16)22-3/h5-10H,4H2,1-3H3. The van der Waals surface area contributed by atoms with Gasteiger partial charge in [-0.25, -0.2) is 9.48 Å². The van der Waals surface area contributed by atoms with Crippen LogP contribution in [0.1, 0.15) is 23.0 Å². The van der Waals surface area contributed by atoms with E-state index in [-0.39, 0.29) is 5.97 Å². The summed E-state index contributed by atoms with van der Waals surface area (Å²) in [6.07, 6.45) is 3.25. The molecule has 0 saturated carbocycles. The van der Waals surface area contributed by atoms with Crippen LogP contribution in [0.3, 0.4) is 0 Å². The van der Waals surface area contributed by atoms with Gasteiger partial charge in [0.05, 0.1) is 31.1 Å². The number of pyridine rings is 1. The van der Waals surface area contributed by atoms with Crippen LogP contribution in [0.15, 0.2) is 36.7 Å². The minimum Gasteiger partial charge on any atom is -0.494 e. The number of carbonyl (C=O) groups is 1. The van der Waals surface area contributed by atoms with Gasteiger partial charge in [-0.05, 0) is 38.1 Å². The van der Waals surface area contributed by atoms with Crippen LogP contribution in [0.5, 0.6) is 5.75 Å². The number of ether oxygens (including phenoxy) is 2. The first-order valence-electron chi connectivity index (χ1n) is 7.31. The molecule has 0 unspecified atom stereocenters. The van der Waals surface area contributed by atoms with E-state index in [1.807, 2.05) is 31.2 Å². The molecule has 6 nitrogen and oxygen atoms in total. The third kappa shape index (κ3) is 2.52. The fourth-order valence-electron chi connectivity index (χ4n) is 2.54. The molecule has 2 aromatic heterocycles. The average molecular weight is 311 g/mol. The number of carbonyl (C=O) groups excluding carboxylic acids is 1. The maximum absolute atomic E-state index is 12.0. The van der Waals surface area contributed by atoms with E-state index in [4.69, 9.17) is 9.47 Å². The Labute approximate surface area is 133 Å². The van der Waals surface area contributed by atoms with Gasteiger partial charge < -0.3 is 9.47 Å². The molecule has 0 aliphatic carbocycles. The first kappa shape index (κ1) is 15.0. The Kier molecular flexibility index (Phi) is 3.97. The Morgan fingerprint density at radius 2 is 2.13 bits per heavy atom. The number of esters is 1. The monoisotopic (exact) mass is 311 g/mol. The molecule has 0 aliphatic rings. The lowest BCUT2D eigenvalue weighted by Gasteiger charge is -2.13. The van der Waals surface area contributed by atoms with E-state index in [9.17, 15) is 4.79 Å². The van der Waals surface area contributed by atoms with Gasteiger partial charge in [-0.1, -0.05) is 0 Å². The lowest BCUT2D eigenvalue weighted by molar-refractivity contribution is 0.0525. The summed E-state index contributed by atoms with van der Waals surface area (Å²) in [5.74, 6) is 0.278. The molecule has 0 amide bonds. The van der Waals surface area contributed by atoms with Crippen molar-refractivity contribution in [3.63, 3.8) is 0 Å². The highest BCUT2D eigenvalue weighted by atomic mass is 16.5. The summed E-state index contributed by atoms with van der Waals surface area (Å²) < 4.78 is 12.2. The largest absolute Gasteiger partial charge is 0.494 e. The Morgan fingerprint density at radius 3 is 2.87 bits per heavy atom. The number of aromatic nitrogens is 3. The lowest BCUT2D eigenvalue weighted by atomic mass is 10.1. The zero-order chi connectivity index (χ0) is 16.4. The Hall–Kier alpha value is -2.89. The van der Waals surface area contributed by atoms with Crippen molar-refractivity contribution >= 4 is 16.9 Å². The molecule has 1 aromatic carbocycles. The van der Waals surface area contributed by atoms with Crippen LogP contribution in [0.4, 0.5) is 0 Å². The van der Waals surface area contributed by atoms with Crippen molar-refractivity contribution in [2.75, 3.05) is 13.7 Å². The maximum Gasteiger partial charge on any atom is 0.341 e. The molecule has 3 rings (SSSR count). The van der Waals surface area contributed by atoms with E-state index >= 15 is 0 Å². The van der Waals surface area contributed by atoms with Crippen LogP contribution >= 0.6 is 0 Å². The van der Waals surface area contributed by atoms with Crippen molar-refractivity contribution in [1.82, 2.24) is 14.8 Å². The molecule has 118 valence electrons. The summed E-state index contributed by atoms with van der Waals surface area (Å²) in [5, 5.41) is 5.25. The number of benzene rings is 1. The molecule has 2 heterocycles. The zero-order valence-electron chi connectivity index (χ0n) is 13.2. The Balaban J connectivity index is 2.23. The molecule has 23 heavy (non-hydrogen) atoms. The van der Waals surface area contributed by atoms with Crippen LogP contribution in [-0.4, -0.2) is 34.5 Å². The van der Waals surface area contributed by atoms with Crippen LogP contribution in [0, 0.1) is 6.92 Å². The van der Waals surface area contributed by atoms with E-state index in [2.05, 4.69) is 10.1 Å². The van der Waals surface area contributed by atoms with Gasteiger partial charge in [0.25, 0.3) is 0 Å². The molecule has 0 fully saturated rings. The first-order chi connectivity index (χ1) is 11.2. The van der Waals surface area contributed by atoms with Crippen molar-refractivity contribution in [3.05, 3.63) is 47.9 Å². The summed E-state index contributed by atoms with van der Waals surface area (Å²) in [4.78, 5) is 16.4. The minimum atomic E-state index is -0.381. The van der Waals surface area contributed by atoms with Gasteiger partial charge in [-0.15, -0.1) is 0 Å². The maximum atomic E-state index is 12.0. The fraction of sp³-hybridized carbons (Fsp3) is 0.235. The molecule has 0 spiro atoms. The minimum absolute atomic E-state index is 0.324. The number of hydrogen-bond donors (Lipinski definition) is 0. The predicted octanol–water partition coefficient (Wildman–Crippen LogP) is 2.91. The summed E-state index contributed by atoms with van der Waals surface area (Å²) >= 11 is 0. The smallest absolute Gasteiger partial charge is 0.341 e. The zero-order valence-corrected chi connectivity index (χ0v) is 13.2. The van der Waals surface area contributed by atoms with Crippen LogP contribution in [0.2, 0.25) is 0 Å². The SMILES string of the molecule is CCOC(=O)c1cnn(-c2c(OC)ccc3ncccc23)c1C. The van der Waals surface area contributed by atoms with E-state index in [0.717, 1.165) is 16.6 Å². The second kappa shape index (κ2) is 6.08. The lowest BCUT2D eigenvalue weighted by Crippen LogP contribution is -2.08. The first-order valence-corrected chi connectivity index (χ1v) is 7.31. The van der Waals surface area contributed by atoms with E-state index in [1.54, 1.807) is 24.9 Å². The average Bonchev–Trinajstić information content (AvgIpc) is 2.95. The molecule has 0 N–H and O–H groups in total. The van der Waals surface area contributed by atoms with Crippen molar-refractivity contribution in [2.24, 2.45) is 0 Å². The normalized spacial score (nSPS) is 10.7. The summed E-state index contributed by atoms with van der Waals surface area (Å²) in [7, 11) is 1.60. The van der Waals surface area contributed by atoms with E-state index in [0.29, 0.717) is 23.6 Å².